The van der Waals surface area contributed by atoms with E-state index in [0.29, 0.717) is 6.07 Å². The van der Waals surface area contributed by atoms with Gasteiger partial charge < -0.3 is 5.32 Å². The lowest BCUT2D eigenvalue weighted by Gasteiger charge is -2.13. The first kappa shape index (κ1) is 21.8. The van der Waals surface area contributed by atoms with Gasteiger partial charge in [0.15, 0.2) is 0 Å². The molecule has 4 rings (SSSR count). The quantitative estimate of drug-likeness (QED) is 0.577. The molecule has 0 spiro atoms. The molecule has 1 fully saturated rings. The molecule has 7 nitrogen and oxygen atoms in total. The Balaban J connectivity index is 1.41. The fourth-order valence-corrected chi connectivity index (χ4v) is 3.33. The van der Waals surface area contributed by atoms with Gasteiger partial charge in [-0.2, -0.15) is 23.8 Å². The lowest BCUT2D eigenvalue weighted by Crippen LogP contribution is -2.34. The predicted octanol–water partition coefficient (Wildman–Crippen LogP) is 3.60. The van der Waals surface area contributed by atoms with Crippen molar-refractivity contribution in [3.63, 3.8) is 0 Å². The number of hydroxylamine groups is 1. The van der Waals surface area contributed by atoms with Gasteiger partial charge in [-0.05, 0) is 35.9 Å². The Hall–Kier alpha value is -3.38. The van der Waals surface area contributed by atoms with Crippen LogP contribution < -0.4 is 10.8 Å². The first-order valence-corrected chi connectivity index (χ1v) is 9.41. The van der Waals surface area contributed by atoms with Crippen LogP contribution in [0.3, 0.4) is 0 Å². The van der Waals surface area contributed by atoms with Crippen LogP contribution in [0.5, 0.6) is 0 Å². The zero-order valence-electron chi connectivity index (χ0n) is 16.2. The number of rotatable bonds is 5. The zero-order valence-corrected chi connectivity index (χ0v) is 16.2. The molecule has 3 heterocycles. The molecule has 3 aromatic rings. The van der Waals surface area contributed by atoms with Gasteiger partial charge in [0.05, 0.1) is 24.0 Å². The fraction of sp³-hybridized carbons (Fsp3) is 0.250. The molecular formula is C20H16F5N5O2. The van der Waals surface area contributed by atoms with E-state index in [9.17, 15) is 26.7 Å². The summed E-state index contributed by atoms with van der Waals surface area (Å²) >= 11 is 0. The van der Waals surface area contributed by atoms with Crippen molar-refractivity contribution in [2.24, 2.45) is 0 Å². The minimum Gasteiger partial charge on any atom is -0.322 e. The SMILES string of the molecule is O=C(Nc1cnn(Cc2cc(F)ccc2C(F)(F)F)c1)C1CC(c2ncccc2F)ON1. The van der Waals surface area contributed by atoms with Crippen LogP contribution in [0.1, 0.15) is 29.3 Å². The van der Waals surface area contributed by atoms with Crippen LogP contribution in [-0.4, -0.2) is 26.7 Å². The monoisotopic (exact) mass is 453 g/mol. The summed E-state index contributed by atoms with van der Waals surface area (Å²) in [5.41, 5.74) is 1.53. The van der Waals surface area contributed by atoms with Crippen LogP contribution in [0.25, 0.3) is 0 Å². The highest BCUT2D eigenvalue weighted by molar-refractivity contribution is 5.94. The summed E-state index contributed by atoms with van der Waals surface area (Å²) in [6.07, 6.45) is -1.32. The molecule has 2 N–H and O–H groups in total. The number of hydrogen-bond acceptors (Lipinski definition) is 5. The molecule has 0 saturated carbocycles. The first-order chi connectivity index (χ1) is 15.2. The molecule has 2 unspecified atom stereocenters. The molecule has 12 heteroatoms. The summed E-state index contributed by atoms with van der Waals surface area (Å²) in [6, 6.07) is 4.05. The zero-order chi connectivity index (χ0) is 22.9. The second-order valence-electron chi connectivity index (χ2n) is 7.10. The molecule has 32 heavy (non-hydrogen) atoms. The number of pyridine rings is 1. The number of amides is 1. The second-order valence-corrected chi connectivity index (χ2v) is 7.10. The summed E-state index contributed by atoms with van der Waals surface area (Å²) in [7, 11) is 0. The standard InChI is InChI=1S/C20H16F5N5O2/c21-12-3-4-14(20(23,24)25)11(6-12)9-30-10-13(8-27-30)28-19(31)16-7-17(32-29-16)18-15(22)2-1-5-26-18/h1-6,8,10,16-17,29H,7,9H2,(H,28,31). The van der Waals surface area contributed by atoms with Crippen molar-refractivity contribution in [2.45, 2.75) is 31.3 Å². The van der Waals surface area contributed by atoms with E-state index in [2.05, 4.69) is 20.9 Å². The average molecular weight is 453 g/mol. The summed E-state index contributed by atoms with van der Waals surface area (Å²) in [5, 5.41) is 6.48. The number of benzene rings is 1. The van der Waals surface area contributed by atoms with Gasteiger partial charge in [0.25, 0.3) is 0 Å². The average Bonchev–Trinajstić information content (AvgIpc) is 3.37. The molecular weight excluding hydrogens is 437 g/mol. The number of aromatic nitrogens is 3. The van der Waals surface area contributed by atoms with Crippen LogP contribution in [0.15, 0.2) is 48.9 Å². The Morgan fingerprint density at radius 3 is 2.84 bits per heavy atom. The van der Waals surface area contributed by atoms with Crippen LogP contribution in [0, 0.1) is 11.6 Å². The number of carbonyl (C=O) groups excluding carboxylic acids is 1. The maximum atomic E-state index is 13.8. The van der Waals surface area contributed by atoms with Gasteiger partial charge >= 0.3 is 6.18 Å². The van der Waals surface area contributed by atoms with E-state index in [1.54, 1.807) is 0 Å². The lowest BCUT2D eigenvalue weighted by molar-refractivity contribution is -0.138. The van der Waals surface area contributed by atoms with E-state index >= 15 is 0 Å². The summed E-state index contributed by atoms with van der Waals surface area (Å²) < 4.78 is 67.9. The molecule has 0 bridgehead atoms. The van der Waals surface area contributed by atoms with Gasteiger partial charge in [0.1, 0.15) is 29.5 Å². The summed E-state index contributed by atoms with van der Waals surface area (Å²) in [5.74, 6) is -1.87. The molecule has 1 aromatic carbocycles. The van der Waals surface area contributed by atoms with Gasteiger partial charge in [-0.15, -0.1) is 0 Å². The third-order valence-corrected chi connectivity index (χ3v) is 4.82. The molecule has 0 aliphatic carbocycles. The number of hydrogen-bond donors (Lipinski definition) is 2. The topological polar surface area (TPSA) is 81.1 Å². The predicted molar refractivity (Wildman–Crippen MR) is 101 cm³/mol. The molecule has 0 radical (unpaired) electrons. The number of halogens is 5. The van der Waals surface area contributed by atoms with Crippen molar-refractivity contribution < 1.29 is 31.6 Å². The molecule has 2 aromatic heterocycles. The number of nitrogens with one attached hydrogen (secondary N) is 2. The van der Waals surface area contributed by atoms with Crippen LogP contribution in [-0.2, 0) is 22.4 Å². The summed E-state index contributed by atoms with van der Waals surface area (Å²) in [4.78, 5) is 21.6. The Labute approximate surface area is 178 Å². The van der Waals surface area contributed by atoms with Crippen LogP contribution in [0.2, 0.25) is 0 Å². The van der Waals surface area contributed by atoms with E-state index < -0.39 is 41.4 Å². The van der Waals surface area contributed by atoms with Crippen LogP contribution in [0.4, 0.5) is 27.6 Å². The van der Waals surface area contributed by atoms with E-state index in [0.717, 1.165) is 16.8 Å². The number of carbonyl (C=O) groups is 1. The van der Waals surface area contributed by atoms with Crippen molar-refractivity contribution >= 4 is 11.6 Å². The normalized spacial score (nSPS) is 18.7. The van der Waals surface area contributed by atoms with E-state index in [4.69, 9.17) is 4.84 Å². The van der Waals surface area contributed by atoms with Crippen molar-refractivity contribution in [3.8, 4) is 0 Å². The molecule has 1 saturated heterocycles. The molecule has 1 aliphatic rings. The highest BCUT2D eigenvalue weighted by Crippen LogP contribution is 2.33. The Kier molecular flexibility index (Phi) is 5.89. The fourth-order valence-electron chi connectivity index (χ4n) is 3.33. The van der Waals surface area contributed by atoms with Crippen molar-refractivity contribution in [1.82, 2.24) is 20.2 Å². The minimum absolute atomic E-state index is 0.0682. The second kappa shape index (κ2) is 8.63. The largest absolute Gasteiger partial charge is 0.416 e. The molecule has 1 amide bonds. The first-order valence-electron chi connectivity index (χ1n) is 9.41. The number of anilines is 1. The smallest absolute Gasteiger partial charge is 0.322 e. The lowest BCUT2D eigenvalue weighted by atomic mass is 10.1. The van der Waals surface area contributed by atoms with Gasteiger partial charge in [-0.25, -0.2) is 8.78 Å². The molecule has 1 aliphatic heterocycles. The van der Waals surface area contributed by atoms with Gasteiger partial charge in [-0.3, -0.25) is 19.3 Å². The van der Waals surface area contributed by atoms with Gasteiger partial charge in [0, 0.05) is 18.8 Å². The van der Waals surface area contributed by atoms with E-state index in [1.807, 2.05) is 0 Å². The van der Waals surface area contributed by atoms with Crippen LogP contribution >= 0.6 is 0 Å². The van der Waals surface area contributed by atoms with Gasteiger partial charge in [0.2, 0.25) is 5.91 Å². The van der Waals surface area contributed by atoms with E-state index in [1.165, 1.54) is 30.7 Å². The Morgan fingerprint density at radius 1 is 1.28 bits per heavy atom. The Morgan fingerprint density at radius 2 is 2.09 bits per heavy atom. The minimum atomic E-state index is -4.65. The third kappa shape index (κ3) is 4.75. The van der Waals surface area contributed by atoms with E-state index in [-0.39, 0.29) is 29.9 Å². The Bertz CT molecular complexity index is 1130. The molecule has 2 atom stereocenters. The third-order valence-electron chi connectivity index (χ3n) is 4.82. The number of nitrogens with zero attached hydrogens (tertiary/aromatic N) is 3. The van der Waals surface area contributed by atoms with Crippen molar-refractivity contribution in [2.75, 3.05) is 5.32 Å². The molecule has 168 valence electrons. The summed E-state index contributed by atoms with van der Waals surface area (Å²) in [6.45, 7) is -0.353. The highest BCUT2D eigenvalue weighted by atomic mass is 19.4. The van der Waals surface area contributed by atoms with Gasteiger partial charge in [-0.1, -0.05) is 0 Å². The van der Waals surface area contributed by atoms with Crippen molar-refractivity contribution in [3.05, 3.63) is 77.4 Å². The highest BCUT2D eigenvalue weighted by Gasteiger charge is 2.35. The number of alkyl halides is 3. The maximum absolute atomic E-state index is 13.8. The van der Waals surface area contributed by atoms with Crippen molar-refractivity contribution in [1.29, 1.82) is 0 Å². The maximum Gasteiger partial charge on any atom is 0.416 e.